The van der Waals surface area contributed by atoms with E-state index in [1.54, 1.807) is 11.8 Å². The highest BCUT2D eigenvalue weighted by Gasteiger charge is 2.47. The summed E-state index contributed by atoms with van der Waals surface area (Å²) in [7, 11) is 0. The lowest BCUT2D eigenvalue weighted by atomic mass is 9.81. The fourth-order valence-corrected chi connectivity index (χ4v) is 1.67. The smallest absolute Gasteiger partial charge is 0.311 e. The predicted molar refractivity (Wildman–Crippen MR) is 47.2 cm³/mol. The third-order valence-electron chi connectivity index (χ3n) is 3.04. The number of amides is 1. The summed E-state index contributed by atoms with van der Waals surface area (Å²) >= 11 is 0. The van der Waals surface area contributed by atoms with E-state index in [4.69, 9.17) is 5.11 Å². The maximum atomic E-state index is 11.0. The normalized spacial score (nSPS) is 33.5. The highest BCUT2D eigenvalue weighted by molar-refractivity contribution is 5.79. The summed E-state index contributed by atoms with van der Waals surface area (Å²) in [5, 5.41) is 9.00. The molecule has 2 atom stereocenters. The molecule has 74 valence electrons. The van der Waals surface area contributed by atoms with Crippen LogP contribution < -0.4 is 0 Å². The van der Waals surface area contributed by atoms with E-state index in [0.29, 0.717) is 13.1 Å². The molecule has 0 aromatic rings. The maximum Gasteiger partial charge on any atom is 0.311 e. The first-order chi connectivity index (χ1) is 5.88. The average molecular weight is 185 g/mol. The Hall–Kier alpha value is -1.06. The summed E-state index contributed by atoms with van der Waals surface area (Å²) in [5.74, 6) is -0.838. The van der Waals surface area contributed by atoms with E-state index in [0.717, 1.165) is 0 Å². The first kappa shape index (κ1) is 10.0. The monoisotopic (exact) mass is 185 g/mol. The van der Waals surface area contributed by atoms with Crippen LogP contribution in [0.2, 0.25) is 0 Å². The second-order valence-electron chi connectivity index (χ2n) is 4.02. The fourth-order valence-electron chi connectivity index (χ4n) is 1.67. The quantitative estimate of drug-likeness (QED) is 0.650. The van der Waals surface area contributed by atoms with Crippen LogP contribution in [-0.4, -0.2) is 35.0 Å². The summed E-state index contributed by atoms with van der Waals surface area (Å²) in [6.45, 7) is 5.93. The second kappa shape index (κ2) is 3.01. The zero-order valence-electron chi connectivity index (χ0n) is 8.20. The van der Waals surface area contributed by atoms with Crippen molar-refractivity contribution in [3.05, 3.63) is 0 Å². The number of likely N-dealkylation sites (tertiary alicyclic amines) is 1. The predicted octanol–water partition coefficient (Wildman–Crippen LogP) is 0.575. The van der Waals surface area contributed by atoms with Gasteiger partial charge < -0.3 is 10.0 Å². The van der Waals surface area contributed by atoms with Crippen molar-refractivity contribution < 1.29 is 14.7 Å². The Balaban J connectivity index is 2.82. The van der Waals surface area contributed by atoms with E-state index in [9.17, 15) is 9.59 Å². The van der Waals surface area contributed by atoms with Crippen molar-refractivity contribution >= 4 is 11.9 Å². The first-order valence-electron chi connectivity index (χ1n) is 4.37. The van der Waals surface area contributed by atoms with E-state index in [-0.39, 0.29) is 11.8 Å². The van der Waals surface area contributed by atoms with Gasteiger partial charge in [-0.3, -0.25) is 9.59 Å². The molecule has 0 unspecified atom stereocenters. The van der Waals surface area contributed by atoms with E-state index in [1.807, 2.05) is 6.92 Å². The summed E-state index contributed by atoms with van der Waals surface area (Å²) < 4.78 is 0. The van der Waals surface area contributed by atoms with Crippen LogP contribution in [0.5, 0.6) is 0 Å². The number of aliphatic carboxylic acids is 1. The number of carboxylic acids is 1. The molecule has 0 saturated carbocycles. The van der Waals surface area contributed by atoms with Crippen molar-refractivity contribution in [3.63, 3.8) is 0 Å². The third-order valence-corrected chi connectivity index (χ3v) is 3.04. The molecule has 0 radical (unpaired) electrons. The molecule has 1 rings (SSSR count). The van der Waals surface area contributed by atoms with Crippen molar-refractivity contribution in [2.75, 3.05) is 13.1 Å². The van der Waals surface area contributed by atoms with Gasteiger partial charge in [-0.2, -0.15) is 0 Å². The van der Waals surface area contributed by atoms with Crippen LogP contribution >= 0.6 is 0 Å². The molecule has 1 N–H and O–H groups in total. The van der Waals surface area contributed by atoms with Crippen molar-refractivity contribution in [1.29, 1.82) is 0 Å². The highest BCUT2D eigenvalue weighted by Crippen LogP contribution is 2.35. The minimum atomic E-state index is -0.816. The van der Waals surface area contributed by atoms with Crippen LogP contribution in [0.3, 0.4) is 0 Å². The van der Waals surface area contributed by atoms with Gasteiger partial charge in [0, 0.05) is 20.0 Å². The molecular formula is C9H15NO3. The summed E-state index contributed by atoms with van der Waals surface area (Å²) in [6, 6.07) is 0. The Kier molecular flexibility index (Phi) is 2.32. The molecule has 0 bridgehead atoms. The number of carbonyl (C=O) groups is 2. The van der Waals surface area contributed by atoms with Gasteiger partial charge in [-0.25, -0.2) is 0 Å². The van der Waals surface area contributed by atoms with E-state index >= 15 is 0 Å². The van der Waals surface area contributed by atoms with Crippen molar-refractivity contribution in [2.45, 2.75) is 20.8 Å². The lowest BCUT2D eigenvalue weighted by Crippen LogP contribution is -2.35. The van der Waals surface area contributed by atoms with Crippen molar-refractivity contribution in [2.24, 2.45) is 11.3 Å². The van der Waals surface area contributed by atoms with Crippen LogP contribution in [0.15, 0.2) is 0 Å². The SMILES string of the molecule is CC(=O)N1C[C@@H](C)[C@](C)(C(=O)O)C1. The molecule has 1 aliphatic rings. The van der Waals surface area contributed by atoms with Gasteiger partial charge in [0.1, 0.15) is 0 Å². The van der Waals surface area contributed by atoms with E-state index in [1.165, 1.54) is 6.92 Å². The fraction of sp³-hybridized carbons (Fsp3) is 0.778. The standard InChI is InChI=1S/C9H15NO3/c1-6-4-10(7(2)11)5-9(6,3)8(12)13/h6H,4-5H2,1-3H3,(H,12,13)/t6-,9-/m1/s1. The molecule has 13 heavy (non-hydrogen) atoms. The van der Waals surface area contributed by atoms with Gasteiger partial charge in [-0.15, -0.1) is 0 Å². The van der Waals surface area contributed by atoms with Gasteiger partial charge >= 0.3 is 5.97 Å². The zero-order chi connectivity index (χ0) is 10.2. The molecule has 4 heteroatoms. The Morgan fingerprint density at radius 1 is 1.54 bits per heavy atom. The molecule has 1 heterocycles. The van der Waals surface area contributed by atoms with Gasteiger partial charge in [0.05, 0.1) is 5.41 Å². The number of hydrogen-bond donors (Lipinski definition) is 1. The minimum absolute atomic E-state index is 0.0221. The Bertz CT molecular complexity index is 251. The van der Waals surface area contributed by atoms with Gasteiger partial charge in [-0.05, 0) is 12.8 Å². The topological polar surface area (TPSA) is 57.6 Å². The largest absolute Gasteiger partial charge is 0.481 e. The molecule has 1 saturated heterocycles. The van der Waals surface area contributed by atoms with Crippen LogP contribution in [0, 0.1) is 11.3 Å². The zero-order valence-corrected chi connectivity index (χ0v) is 8.20. The molecule has 4 nitrogen and oxygen atoms in total. The number of nitrogens with zero attached hydrogens (tertiary/aromatic N) is 1. The highest BCUT2D eigenvalue weighted by atomic mass is 16.4. The number of carboxylic acid groups (broad SMARTS) is 1. The lowest BCUT2D eigenvalue weighted by molar-refractivity contribution is -0.149. The molecule has 0 aliphatic carbocycles. The molecule has 1 aliphatic heterocycles. The summed E-state index contributed by atoms with van der Waals surface area (Å²) in [4.78, 5) is 23.6. The second-order valence-corrected chi connectivity index (χ2v) is 4.02. The van der Waals surface area contributed by atoms with Crippen molar-refractivity contribution in [3.8, 4) is 0 Å². The van der Waals surface area contributed by atoms with Crippen LogP contribution in [0.25, 0.3) is 0 Å². The Labute approximate surface area is 77.5 Å². The first-order valence-corrected chi connectivity index (χ1v) is 4.37. The molecule has 1 fully saturated rings. The molecule has 0 spiro atoms. The Morgan fingerprint density at radius 2 is 2.08 bits per heavy atom. The van der Waals surface area contributed by atoms with Crippen LogP contribution in [-0.2, 0) is 9.59 Å². The molecular weight excluding hydrogens is 170 g/mol. The molecule has 0 aromatic carbocycles. The van der Waals surface area contributed by atoms with Crippen LogP contribution in [0.4, 0.5) is 0 Å². The molecule has 0 aromatic heterocycles. The maximum absolute atomic E-state index is 11.0. The van der Waals surface area contributed by atoms with Gasteiger partial charge in [0.25, 0.3) is 0 Å². The Morgan fingerprint density at radius 3 is 2.31 bits per heavy atom. The number of carbonyl (C=O) groups excluding carboxylic acids is 1. The number of rotatable bonds is 1. The van der Waals surface area contributed by atoms with E-state index < -0.39 is 11.4 Å². The third kappa shape index (κ3) is 1.53. The van der Waals surface area contributed by atoms with Crippen molar-refractivity contribution in [1.82, 2.24) is 4.90 Å². The summed E-state index contributed by atoms with van der Waals surface area (Å²) in [5.41, 5.74) is -0.772. The summed E-state index contributed by atoms with van der Waals surface area (Å²) in [6.07, 6.45) is 0. The van der Waals surface area contributed by atoms with Crippen LogP contribution in [0.1, 0.15) is 20.8 Å². The minimum Gasteiger partial charge on any atom is -0.481 e. The van der Waals surface area contributed by atoms with Gasteiger partial charge in [0.15, 0.2) is 0 Å². The average Bonchev–Trinajstić information content (AvgIpc) is 2.30. The number of hydrogen-bond acceptors (Lipinski definition) is 2. The van der Waals surface area contributed by atoms with Gasteiger partial charge in [0.2, 0.25) is 5.91 Å². The lowest BCUT2D eigenvalue weighted by Gasteiger charge is -2.22. The molecule has 1 amide bonds. The van der Waals surface area contributed by atoms with E-state index in [2.05, 4.69) is 0 Å². The van der Waals surface area contributed by atoms with Gasteiger partial charge in [-0.1, -0.05) is 6.92 Å².